The van der Waals surface area contributed by atoms with Gasteiger partial charge in [0.1, 0.15) is 5.75 Å². The molecule has 0 radical (unpaired) electrons. The van der Waals surface area contributed by atoms with E-state index < -0.39 is 5.97 Å². The second-order valence-corrected chi connectivity index (χ2v) is 5.85. The van der Waals surface area contributed by atoms with E-state index in [1.165, 1.54) is 6.08 Å². The molecule has 0 aliphatic carbocycles. The Morgan fingerprint density at radius 1 is 1.45 bits per heavy atom. The Labute approximate surface area is 123 Å². The van der Waals surface area contributed by atoms with Crippen molar-refractivity contribution in [2.24, 2.45) is 0 Å². The molecule has 0 spiro atoms. The van der Waals surface area contributed by atoms with Crippen LogP contribution in [-0.4, -0.2) is 47.7 Å². The van der Waals surface area contributed by atoms with E-state index in [2.05, 4.69) is 4.90 Å². The molecule has 4 nitrogen and oxygen atoms in total. The van der Waals surface area contributed by atoms with Crippen LogP contribution in [0.2, 0.25) is 0 Å². The average Bonchev–Trinajstić information content (AvgIpc) is 2.46. The van der Waals surface area contributed by atoms with Crippen molar-refractivity contribution in [2.75, 3.05) is 31.7 Å². The predicted molar refractivity (Wildman–Crippen MR) is 82.3 cm³/mol. The lowest BCUT2D eigenvalue weighted by molar-refractivity contribution is -0.131. The van der Waals surface area contributed by atoms with Gasteiger partial charge in [0.25, 0.3) is 0 Å². The fourth-order valence-corrected chi connectivity index (χ4v) is 3.15. The minimum atomic E-state index is -0.929. The van der Waals surface area contributed by atoms with Crippen molar-refractivity contribution in [1.82, 2.24) is 4.90 Å². The zero-order valence-corrected chi connectivity index (χ0v) is 12.4. The topological polar surface area (TPSA) is 49.8 Å². The van der Waals surface area contributed by atoms with E-state index in [0.29, 0.717) is 0 Å². The van der Waals surface area contributed by atoms with E-state index in [-0.39, 0.29) is 0 Å². The third-order valence-electron chi connectivity index (χ3n) is 3.25. The first kappa shape index (κ1) is 14.9. The molecule has 0 unspecified atom stereocenters. The van der Waals surface area contributed by atoms with Gasteiger partial charge in [-0.3, -0.25) is 4.90 Å². The molecule has 1 aromatic rings. The Balaban J connectivity index is 2.19. The monoisotopic (exact) mass is 293 g/mol. The number of hydrogen-bond donors (Lipinski definition) is 1. The number of thioether (sulfide) groups is 1. The minimum absolute atomic E-state index is 0.804. The molecule has 1 saturated heterocycles. The molecule has 1 aromatic carbocycles. The minimum Gasteiger partial charge on any atom is -0.497 e. The molecule has 1 aliphatic heterocycles. The summed E-state index contributed by atoms with van der Waals surface area (Å²) in [4.78, 5) is 13.1. The largest absolute Gasteiger partial charge is 0.497 e. The van der Waals surface area contributed by atoms with Crippen LogP contribution in [-0.2, 0) is 11.3 Å². The SMILES string of the molecule is COc1ccc(C=CC(=O)O)c(CN2CCSCC2)c1. The van der Waals surface area contributed by atoms with E-state index in [0.717, 1.165) is 48.0 Å². The zero-order chi connectivity index (χ0) is 14.4. The number of rotatable bonds is 5. The number of nitrogens with zero attached hydrogens (tertiary/aromatic N) is 1. The summed E-state index contributed by atoms with van der Waals surface area (Å²) in [5.74, 6) is 2.19. The van der Waals surface area contributed by atoms with Gasteiger partial charge in [0.15, 0.2) is 0 Å². The summed E-state index contributed by atoms with van der Waals surface area (Å²) < 4.78 is 5.26. The third-order valence-corrected chi connectivity index (χ3v) is 4.20. The van der Waals surface area contributed by atoms with E-state index in [1.807, 2.05) is 30.0 Å². The van der Waals surface area contributed by atoms with E-state index in [1.54, 1.807) is 13.2 Å². The lowest BCUT2D eigenvalue weighted by Crippen LogP contribution is -2.32. The standard InChI is InChI=1S/C15H19NO3S/c1-19-14-4-2-12(3-5-15(17)18)13(10-14)11-16-6-8-20-9-7-16/h2-5,10H,6-9,11H2,1H3,(H,17,18). The van der Waals surface area contributed by atoms with Gasteiger partial charge < -0.3 is 9.84 Å². The van der Waals surface area contributed by atoms with Crippen molar-refractivity contribution >= 4 is 23.8 Å². The maximum atomic E-state index is 10.7. The second kappa shape index (κ2) is 7.36. The highest BCUT2D eigenvalue weighted by Gasteiger charge is 2.13. The Morgan fingerprint density at radius 2 is 2.20 bits per heavy atom. The highest BCUT2D eigenvalue weighted by atomic mass is 32.2. The quantitative estimate of drug-likeness (QED) is 0.845. The molecule has 0 aromatic heterocycles. The maximum Gasteiger partial charge on any atom is 0.328 e. The normalized spacial score (nSPS) is 16.4. The van der Waals surface area contributed by atoms with Crippen LogP contribution in [0, 0.1) is 0 Å². The van der Waals surface area contributed by atoms with Gasteiger partial charge in [-0.25, -0.2) is 4.79 Å². The Kier molecular flexibility index (Phi) is 5.49. The summed E-state index contributed by atoms with van der Waals surface area (Å²) in [6.45, 7) is 2.98. The van der Waals surface area contributed by atoms with Crippen molar-refractivity contribution in [3.8, 4) is 5.75 Å². The summed E-state index contributed by atoms with van der Waals surface area (Å²) in [5.41, 5.74) is 2.04. The third kappa shape index (κ3) is 4.28. The van der Waals surface area contributed by atoms with Gasteiger partial charge in [0.05, 0.1) is 7.11 Å². The summed E-state index contributed by atoms with van der Waals surface area (Å²) in [6.07, 6.45) is 2.83. The molecular weight excluding hydrogens is 274 g/mol. The van der Waals surface area contributed by atoms with E-state index >= 15 is 0 Å². The van der Waals surface area contributed by atoms with Crippen LogP contribution in [0.25, 0.3) is 6.08 Å². The molecule has 2 rings (SSSR count). The lowest BCUT2D eigenvalue weighted by Gasteiger charge is -2.26. The molecule has 20 heavy (non-hydrogen) atoms. The first-order valence-electron chi connectivity index (χ1n) is 6.57. The number of carboxylic acid groups (broad SMARTS) is 1. The van der Waals surface area contributed by atoms with E-state index in [9.17, 15) is 4.79 Å². The van der Waals surface area contributed by atoms with Crippen molar-refractivity contribution < 1.29 is 14.6 Å². The van der Waals surface area contributed by atoms with Gasteiger partial charge in [-0.05, 0) is 29.3 Å². The van der Waals surface area contributed by atoms with Crippen molar-refractivity contribution in [3.05, 3.63) is 35.4 Å². The summed E-state index contributed by atoms with van der Waals surface area (Å²) in [6, 6.07) is 5.76. The molecule has 0 bridgehead atoms. The molecule has 108 valence electrons. The molecule has 1 heterocycles. The molecule has 1 N–H and O–H groups in total. The number of methoxy groups -OCH3 is 1. The summed E-state index contributed by atoms with van der Waals surface area (Å²) in [7, 11) is 1.64. The average molecular weight is 293 g/mol. The van der Waals surface area contributed by atoms with Crippen LogP contribution in [0.5, 0.6) is 5.75 Å². The molecule has 0 amide bonds. The van der Waals surface area contributed by atoms with E-state index in [4.69, 9.17) is 9.84 Å². The first-order chi connectivity index (χ1) is 9.69. The number of benzene rings is 1. The zero-order valence-electron chi connectivity index (χ0n) is 11.5. The smallest absolute Gasteiger partial charge is 0.328 e. The molecule has 0 atom stereocenters. The maximum absolute atomic E-state index is 10.7. The van der Waals surface area contributed by atoms with Crippen molar-refractivity contribution in [3.63, 3.8) is 0 Å². The lowest BCUT2D eigenvalue weighted by atomic mass is 10.1. The van der Waals surface area contributed by atoms with Crippen LogP contribution < -0.4 is 4.74 Å². The Hall–Kier alpha value is -1.46. The summed E-state index contributed by atoms with van der Waals surface area (Å²) >= 11 is 1.98. The van der Waals surface area contributed by atoms with Gasteiger partial charge in [-0.1, -0.05) is 6.07 Å². The van der Waals surface area contributed by atoms with Gasteiger partial charge in [0, 0.05) is 37.2 Å². The molecule has 5 heteroatoms. The fourth-order valence-electron chi connectivity index (χ4n) is 2.17. The van der Waals surface area contributed by atoms with Crippen molar-refractivity contribution in [1.29, 1.82) is 0 Å². The van der Waals surface area contributed by atoms with Crippen LogP contribution in [0.4, 0.5) is 0 Å². The Bertz CT molecular complexity index is 496. The first-order valence-corrected chi connectivity index (χ1v) is 7.72. The van der Waals surface area contributed by atoms with Crippen LogP contribution in [0.15, 0.2) is 24.3 Å². The van der Waals surface area contributed by atoms with Crippen LogP contribution in [0.1, 0.15) is 11.1 Å². The number of aliphatic carboxylic acids is 1. The highest BCUT2D eigenvalue weighted by Crippen LogP contribution is 2.22. The number of carboxylic acids is 1. The summed E-state index contributed by atoms with van der Waals surface area (Å²) in [5, 5.41) is 8.76. The Morgan fingerprint density at radius 3 is 2.85 bits per heavy atom. The molecular formula is C15H19NO3S. The van der Waals surface area contributed by atoms with Gasteiger partial charge in [-0.2, -0.15) is 11.8 Å². The van der Waals surface area contributed by atoms with Crippen molar-refractivity contribution in [2.45, 2.75) is 6.54 Å². The molecule has 1 fully saturated rings. The highest BCUT2D eigenvalue weighted by molar-refractivity contribution is 7.99. The second-order valence-electron chi connectivity index (χ2n) is 4.62. The number of hydrogen-bond acceptors (Lipinski definition) is 4. The van der Waals surface area contributed by atoms with Gasteiger partial charge in [0.2, 0.25) is 0 Å². The molecule has 0 saturated carbocycles. The number of carbonyl (C=O) groups is 1. The van der Waals surface area contributed by atoms with Gasteiger partial charge in [-0.15, -0.1) is 0 Å². The fraction of sp³-hybridized carbons (Fsp3) is 0.400. The predicted octanol–water partition coefficient (Wildman–Crippen LogP) is 2.34. The number of ether oxygens (including phenoxy) is 1. The van der Waals surface area contributed by atoms with Crippen LogP contribution in [0.3, 0.4) is 0 Å². The molecule has 1 aliphatic rings. The van der Waals surface area contributed by atoms with Gasteiger partial charge >= 0.3 is 5.97 Å². The van der Waals surface area contributed by atoms with Crippen LogP contribution >= 0.6 is 11.8 Å².